The normalized spacial score (nSPS) is 40.9. The summed E-state index contributed by atoms with van der Waals surface area (Å²) in [6, 6.07) is 0.674. The van der Waals surface area contributed by atoms with Crippen molar-refractivity contribution in [2.24, 2.45) is 11.7 Å². The van der Waals surface area contributed by atoms with Crippen molar-refractivity contribution in [3.8, 4) is 0 Å². The van der Waals surface area contributed by atoms with Crippen molar-refractivity contribution in [2.45, 2.75) is 51.1 Å². The molecule has 0 amide bonds. The van der Waals surface area contributed by atoms with Gasteiger partial charge in [-0.25, -0.2) is 0 Å². The second-order valence-corrected chi connectivity index (χ2v) is 6.22. The topological polar surface area (TPSA) is 32.5 Å². The van der Waals surface area contributed by atoms with Crippen LogP contribution in [0, 0.1) is 5.92 Å². The SMILES string of the molecule is CCC1CCN(C2(CN)CCN(C)C(C)C2)C1. The van der Waals surface area contributed by atoms with Gasteiger partial charge in [0.1, 0.15) is 0 Å². The molecular formula is C14H29N3. The van der Waals surface area contributed by atoms with Gasteiger partial charge in [0.2, 0.25) is 0 Å². The van der Waals surface area contributed by atoms with Gasteiger partial charge in [-0.1, -0.05) is 13.3 Å². The highest BCUT2D eigenvalue weighted by Gasteiger charge is 2.43. The van der Waals surface area contributed by atoms with E-state index in [4.69, 9.17) is 5.73 Å². The Morgan fingerprint density at radius 3 is 2.65 bits per heavy atom. The number of rotatable bonds is 3. The predicted molar refractivity (Wildman–Crippen MR) is 73.1 cm³/mol. The molecule has 0 bridgehead atoms. The molecule has 2 saturated heterocycles. The van der Waals surface area contributed by atoms with Gasteiger partial charge in [-0.3, -0.25) is 4.90 Å². The van der Waals surface area contributed by atoms with Crippen LogP contribution in [0.4, 0.5) is 0 Å². The molecule has 17 heavy (non-hydrogen) atoms. The number of likely N-dealkylation sites (tertiary alicyclic amines) is 2. The maximum Gasteiger partial charge on any atom is 0.0358 e. The molecule has 2 fully saturated rings. The van der Waals surface area contributed by atoms with E-state index in [1.54, 1.807) is 0 Å². The van der Waals surface area contributed by atoms with Crippen LogP contribution in [0.25, 0.3) is 0 Å². The van der Waals surface area contributed by atoms with Gasteiger partial charge in [-0.15, -0.1) is 0 Å². The third kappa shape index (κ3) is 2.51. The Bertz CT molecular complexity index is 256. The molecule has 0 aromatic heterocycles. The fourth-order valence-electron chi connectivity index (χ4n) is 3.61. The molecule has 0 aromatic carbocycles. The third-order valence-electron chi connectivity index (χ3n) is 5.27. The van der Waals surface area contributed by atoms with Crippen molar-refractivity contribution in [2.75, 3.05) is 33.2 Å². The Labute approximate surface area is 106 Å². The summed E-state index contributed by atoms with van der Waals surface area (Å²) < 4.78 is 0. The van der Waals surface area contributed by atoms with Gasteiger partial charge in [0.25, 0.3) is 0 Å². The lowest BCUT2D eigenvalue weighted by molar-refractivity contribution is 0.0230. The summed E-state index contributed by atoms with van der Waals surface area (Å²) in [5.74, 6) is 0.911. The first-order valence-electron chi connectivity index (χ1n) is 7.26. The van der Waals surface area contributed by atoms with Crippen LogP contribution in [0.3, 0.4) is 0 Å². The highest BCUT2D eigenvalue weighted by atomic mass is 15.3. The van der Waals surface area contributed by atoms with Crippen molar-refractivity contribution in [3.05, 3.63) is 0 Å². The zero-order chi connectivity index (χ0) is 12.5. The highest BCUT2D eigenvalue weighted by Crippen LogP contribution is 2.35. The molecular weight excluding hydrogens is 210 g/mol. The van der Waals surface area contributed by atoms with Crippen LogP contribution in [0.2, 0.25) is 0 Å². The van der Waals surface area contributed by atoms with Gasteiger partial charge < -0.3 is 10.6 Å². The number of hydrogen-bond acceptors (Lipinski definition) is 3. The molecule has 2 aliphatic heterocycles. The summed E-state index contributed by atoms with van der Waals surface area (Å²) >= 11 is 0. The molecule has 0 saturated carbocycles. The smallest absolute Gasteiger partial charge is 0.0358 e. The summed E-state index contributed by atoms with van der Waals surface area (Å²) in [5, 5.41) is 0. The third-order valence-corrected chi connectivity index (χ3v) is 5.27. The summed E-state index contributed by atoms with van der Waals surface area (Å²) in [7, 11) is 2.24. The Morgan fingerprint density at radius 1 is 1.35 bits per heavy atom. The van der Waals surface area contributed by atoms with Crippen LogP contribution in [0.5, 0.6) is 0 Å². The lowest BCUT2D eigenvalue weighted by Crippen LogP contribution is -2.60. The zero-order valence-corrected chi connectivity index (χ0v) is 11.8. The zero-order valence-electron chi connectivity index (χ0n) is 11.8. The van der Waals surface area contributed by atoms with E-state index < -0.39 is 0 Å². The number of hydrogen-bond donors (Lipinski definition) is 1. The van der Waals surface area contributed by atoms with Crippen LogP contribution < -0.4 is 5.73 Å². The average Bonchev–Trinajstić information content (AvgIpc) is 2.82. The molecule has 2 N–H and O–H groups in total. The number of nitrogens with zero attached hydrogens (tertiary/aromatic N) is 2. The number of piperidine rings is 1. The minimum Gasteiger partial charge on any atom is -0.329 e. The molecule has 3 unspecified atom stereocenters. The molecule has 3 nitrogen and oxygen atoms in total. The Morgan fingerprint density at radius 2 is 2.12 bits per heavy atom. The van der Waals surface area contributed by atoms with E-state index in [0.29, 0.717) is 11.6 Å². The van der Waals surface area contributed by atoms with Gasteiger partial charge in [-0.05, 0) is 52.2 Å². The van der Waals surface area contributed by atoms with E-state index in [2.05, 4.69) is 30.7 Å². The summed E-state index contributed by atoms with van der Waals surface area (Å²) in [4.78, 5) is 5.19. The Hall–Kier alpha value is -0.120. The van der Waals surface area contributed by atoms with Crippen molar-refractivity contribution >= 4 is 0 Å². The van der Waals surface area contributed by atoms with Gasteiger partial charge >= 0.3 is 0 Å². The second-order valence-electron chi connectivity index (χ2n) is 6.22. The first-order valence-corrected chi connectivity index (χ1v) is 7.26. The van der Waals surface area contributed by atoms with Crippen LogP contribution in [0.15, 0.2) is 0 Å². The van der Waals surface area contributed by atoms with Crippen LogP contribution >= 0.6 is 0 Å². The summed E-state index contributed by atoms with van der Waals surface area (Å²) in [5.41, 5.74) is 6.45. The first-order chi connectivity index (χ1) is 8.11. The molecule has 3 heteroatoms. The van der Waals surface area contributed by atoms with E-state index in [0.717, 1.165) is 12.5 Å². The van der Waals surface area contributed by atoms with Crippen molar-refractivity contribution in [1.82, 2.24) is 9.80 Å². The summed E-state index contributed by atoms with van der Waals surface area (Å²) in [6.07, 6.45) is 5.20. The van der Waals surface area contributed by atoms with Crippen molar-refractivity contribution in [3.63, 3.8) is 0 Å². The van der Waals surface area contributed by atoms with Crippen LogP contribution in [-0.4, -0.2) is 54.6 Å². The maximum absolute atomic E-state index is 6.15. The van der Waals surface area contributed by atoms with E-state index in [1.165, 1.54) is 45.3 Å². The maximum atomic E-state index is 6.15. The van der Waals surface area contributed by atoms with Crippen LogP contribution in [0.1, 0.15) is 39.5 Å². The summed E-state index contributed by atoms with van der Waals surface area (Å²) in [6.45, 7) is 9.25. The monoisotopic (exact) mass is 239 g/mol. The second kappa shape index (κ2) is 5.25. The molecule has 0 radical (unpaired) electrons. The Balaban J connectivity index is 2.05. The van der Waals surface area contributed by atoms with Gasteiger partial charge in [0.05, 0.1) is 0 Å². The lowest BCUT2D eigenvalue weighted by atomic mass is 9.82. The predicted octanol–water partition coefficient (Wildman–Crippen LogP) is 1.53. The van der Waals surface area contributed by atoms with Crippen molar-refractivity contribution < 1.29 is 0 Å². The van der Waals surface area contributed by atoms with Gasteiger partial charge in [0.15, 0.2) is 0 Å². The Kier molecular flexibility index (Phi) is 4.11. The quantitative estimate of drug-likeness (QED) is 0.811. The molecule has 2 aliphatic rings. The highest BCUT2D eigenvalue weighted by molar-refractivity contribution is 5.00. The van der Waals surface area contributed by atoms with Gasteiger partial charge in [-0.2, -0.15) is 0 Å². The van der Waals surface area contributed by atoms with E-state index >= 15 is 0 Å². The van der Waals surface area contributed by atoms with Crippen LogP contribution in [-0.2, 0) is 0 Å². The molecule has 3 atom stereocenters. The minimum atomic E-state index is 0.301. The largest absolute Gasteiger partial charge is 0.329 e. The molecule has 0 aromatic rings. The van der Waals surface area contributed by atoms with Crippen molar-refractivity contribution in [1.29, 1.82) is 0 Å². The van der Waals surface area contributed by atoms with E-state index in [-0.39, 0.29) is 0 Å². The standard InChI is InChI=1S/C14H29N3/c1-4-13-5-7-17(10-13)14(11-15)6-8-16(3)12(2)9-14/h12-13H,4-11,15H2,1-3H3. The fraction of sp³-hybridized carbons (Fsp3) is 1.00. The van der Waals surface area contributed by atoms with E-state index in [9.17, 15) is 0 Å². The molecule has 2 heterocycles. The number of nitrogens with two attached hydrogens (primary N) is 1. The van der Waals surface area contributed by atoms with E-state index in [1.807, 2.05) is 0 Å². The minimum absolute atomic E-state index is 0.301. The van der Waals surface area contributed by atoms with Gasteiger partial charge in [0, 0.05) is 24.7 Å². The average molecular weight is 239 g/mol. The molecule has 0 aliphatic carbocycles. The molecule has 2 rings (SSSR count). The molecule has 100 valence electrons. The fourth-order valence-corrected chi connectivity index (χ4v) is 3.61. The molecule has 0 spiro atoms. The first kappa shape index (κ1) is 13.3. The lowest BCUT2D eigenvalue weighted by Gasteiger charge is -2.49.